The number of halogens is 1. The van der Waals surface area contributed by atoms with Gasteiger partial charge in [0.15, 0.2) is 0 Å². The molecule has 1 aliphatic heterocycles. The maximum Gasteiger partial charge on any atom is 0.240 e. The SMILES string of the molecule is CC[C@H](Cl)C(=O)N1CC[C@H](O)[C@@H](C)C1. The van der Waals surface area contributed by atoms with Crippen molar-refractivity contribution < 1.29 is 9.90 Å². The number of rotatable bonds is 2. The highest BCUT2D eigenvalue weighted by Crippen LogP contribution is 2.18. The summed E-state index contributed by atoms with van der Waals surface area (Å²) in [6.07, 6.45) is 1.06. The first-order valence-corrected chi connectivity index (χ1v) is 5.60. The molecule has 0 aromatic rings. The Labute approximate surface area is 90.0 Å². The third-order valence-corrected chi connectivity index (χ3v) is 3.29. The van der Waals surface area contributed by atoms with Crippen molar-refractivity contribution in [3.05, 3.63) is 0 Å². The summed E-state index contributed by atoms with van der Waals surface area (Å²) in [4.78, 5) is 13.5. The standard InChI is InChI=1S/C10H18ClNO2/c1-3-8(11)10(14)12-5-4-9(13)7(2)6-12/h7-9,13H,3-6H2,1-2H3/t7-,8-,9-/m0/s1. The fourth-order valence-corrected chi connectivity index (χ4v) is 1.84. The van der Waals surface area contributed by atoms with E-state index in [1.807, 2.05) is 13.8 Å². The minimum atomic E-state index is -0.405. The van der Waals surface area contributed by atoms with Crippen molar-refractivity contribution in [1.82, 2.24) is 4.90 Å². The minimum Gasteiger partial charge on any atom is -0.393 e. The predicted molar refractivity (Wildman–Crippen MR) is 56.3 cm³/mol. The van der Waals surface area contributed by atoms with Gasteiger partial charge in [0.05, 0.1) is 6.10 Å². The van der Waals surface area contributed by atoms with E-state index in [9.17, 15) is 9.90 Å². The summed E-state index contributed by atoms with van der Waals surface area (Å²) in [5, 5.41) is 9.10. The van der Waals surface area contributed by atoms with Crippen LogP contribution >= 0.6 is 11.6 Å². The fraction of sp³-hybridized carbons (Fsp3) is 0.900. The first-order valence-electron chi connectivity index (χ1n) is 5.17. The van der Waals surface area contributed by atoms with Crippen molar-refractivity contribution >= 4 is 17.5 Å². The molecule has 1 saturated heterocycles. The Morgan fingerprint density at radius 3 is 2.86 bits per heavy atom. The zero-order valence-electron chi connectivity index (χ0n) is 8.74. The molecule has 14 heavy (non-hydrogen) atoms. The normalized spacial score (nSPS) is 30.1. The van der Waals surface area contributed by atoms with Gasteiger partial charge >= 0.3 is 0 Å². The molecule has 0 aliphatic carbocycles. The molecule has 1 fully saturated rings. The average Bonchev–Trinajstić information content (AvgIpc) is 2.20. The molecule has 0 unspecified atom stereocenters. The molecular formula is C10H18ClNO2. The van der Waals surface area contributed by atoms with Crippen molar-refractivity contribution in [3.8, 4) is 0 Å². The monoisotopic (exact) mass is 219 g/mol. The van der Waals surface area contributed by atoms with Crippen molar-refractivity contribution in [2.45, 2.75) is 38.2 Å². The summed E-state index contributed by atoms with van der Waals surface area (Å²) < 4.78 is 0. The summed E-state index contributed by atoms with van der Waals surface area (Å²) in [7, 11) is 0. The van der Waals surface area contributed by atoms with E-state index in [-0.39, 0.29) is 17.9 Å². The summed E-state index contributed by atoms with van der Waals surface area (Å²) in [6, 6.07) is 0. The summed E-state index contributed by atoms with van der Waals surface area (Å²) in [6.45, 7) is 5.12. The van der Waals surface area contributed by atoms with Gasteiger partial charge in [0.25, 0.3) is 0 Å². The van der Waals surface area contributed by atoms with Crippen molar-refractivity contribution in [2.75, 3.05) is 13.1 Å². The van der Waals surface area contributed by atoms with E-state index in [4.69, 9.17) is 11.6 Å². The molecule has 1 aliphatic rings. The van der Waals surface area contributed by atoms with Crippen LogP contribution in [0.25, 0.3) is 0 Å². The van der Waals surface area contributed by atoms with Gasteiger partial charge in [-0.3, -0.25) is 4.79 Å². The highest BCUT2D eigenvalue weighted by molar-refractivity contribution is 6.30. The van der Waals surface area contributed by atoms with Gasteiger partial charge in [-0.05, 0) is 18.8 Å². The van der Waals surface area contributed by atoms with E-state index < -0.39 is 5.38 Å². The number of alkyl halides is 1. The van der Waals surface area contributed by atoms with Crippen LogP contribution in [0.1, 0.15) is 26.7 Å². The Hall–Kier alpha value is -0.280. The van der Waals surface area contributed by atoms with Gasteiger partial charge in [-0.2, -0.15) is 0 Å². The van der Waals surface area contributed by atoms with Gasteiger partial charge in [-0.15, -0.1) is 11.6 Å². The Kier molecular flexibility index (Phi) is 4.20. The second kappa shape index (κ2) is 4.99. The van der Waals surface area contributed by atoms with E-state index in [0.29, 0.717) is 25.9 Å². The van der Waals surface area contributed by atoms with Crippen LogP contribution in [-0.2, 0) is 4.79 Å². The number of likely N-dealkylation sites (tertiary alicyclic amines) is 1. The number of aliphatic hydroxyl groups excluding tert-OH is 1. The molecule has 4 heteroatoms. The van der Waals surface area contributed by atoms with Crippen molar-refractivity contribution in [3.63, 3.8) is 0 Å². The number of hydrogen-bond donors (Lipinski definition) is 1. The van der Waals surface area contributed by atoms with Crippen LogP contribution in [0.5, 0.6) is 0 Å². The van der Waals surface area contributed by atoms with E-state index in [1.54, 1.807) is 4.90 Å². The predicted octanol–water partition coefficient (Wildman–Crippen LogP) is 1.23. The molecule has 0 saturated carbocycles. The highest BCUT2D eigenvalue weighted by Gasteiger charge is 2.29. The molecule has 0 aromatic heterocycles. The largest absolute Gasteiger partial charge is 0.393 e. The van der Waals surface area contributed by atoms with Crippen molar-refractivity contribution in [2.24, 2.45) is 5.92 Å². The number of aliphatic hydroxyl groups is 1. The molecule has 0 radical (unpaired) electrons. The van der Waals surface area contributed by atoms with Crippen LogP contribution in [0.15, 0.2) is 0 Å². The second-order valence-corrected chi connectivity index (χ2v) is 4.52. The van der Waals surface area contributed by atoms with Crippen LogP contribution in [-0.4, -0.2) is 40.5 Å². The van der Waals surface area contributed by atoms with Crippen LogP contribution in [0.4, 0.5) is 0 Å². The number of carbonyl (C=O) groups is 1. The van der Waals surface area contributed by atoms with Gasteiger partial charge in [0, 0.05) is 13.1 Å². The number of amides is 1. The lowest BCUT2D eigenvalue weighted by Gasteiger charge is -2.35. The van der Waals surface area contributed by atoms with Gasteiger partial charge in [0.1, 0.15) is 5.38 Å². The molecule has 1 N–H and O–H groups in total. The van der Waals surface area contributed by atoms with Crippen LogP contribution in [0.2, 0.25) is 0 Å². The van der Waals surface area contributed by atoms with Crippen LogP contribution < -0.4 is 0 Å². The van der Waals surface area contributed by atoms with E-state index in [0.717, 1.165) is 0 Å². The van der Waals surface area contributed by atoms with Crippen LogP contribution in [0, 0.1) is 5.92 Å². The fourth-order valence-electron chi connectivity index (χ4n) is 1.71. The topological polar surface area (TPSA) is 40.5 Å². The Bertz CT molecular complexity index is 210. The number of hydrogen-bond acceptors (Lipinski definition) is 2. The molecule has 3 atom stereocenters. The summed E-state index contributed by atoms with van der Waals surface area (Å²) in [5.41, 5.74) is 0. The van der Waals surface area contributed by atoms with E-state index in [2.05, 4.69) is 0 Å². The minimum absolute atomic E-state index is 0.00733. The number of nitrogens with zero attached hydrogens (tertiary/aromatic N) is 1. The van der Waals surface area contributed by atoms with Crippen LogP contribution in [0.3, 0.4) is 0 Å². The Morgan fingerprint density at radius 1 is 1.71 bits per heavy atom. The lowest BCUT2D eigenvalue weighted by atomic mass is 9.96. The second-order valence-electron chi connectivity index (χ2n) is 3.99. The molecule has 0 spiro atoms. The first-order chi connectivity index (χ1) is 6.56. The smallest absolute Gasteiger partial charge is 0.240 e. The zero-order chi connectivity index (χ0) is 10.7. The summed E-state index contributed by atoms with van der Waals surface area (Å²) >= 11 is 5.88. The number of piperidine rings is 1. The third kappa shape index (κ3) is 2.61. The van der Waals surface area contributed by atoms with Gasteiger partial charge in [0.2, 0.25) is 5.91 Å². The van der Waals surface area contributed by atoms with Crippen molar-refractivity contribution in [1.29, 1.82) is 0 Å². The molecule has 3 nitrogen and oxygen atoms in total. The molecular weight excluding hydrogens is 202 g/mol. The molecule has 1 heterocycles. The van der Waals surface area contributed by atoms with E-state index in [1.165, 1.54) is 0 Å². The first kappa shape index (κ1) is 11.8. The average molecular weight is 220 g/mol. The molecule has 0 aromatic carbocycles. The lowest BCUT2D eigenvalue weighted by molar-refractivity contribution is -0.134. The quantitative estimate of drug-likeness (QED) is 0.710. The molecule has 82 valence electrons. The zero-order valence-corrected chi connectivity index (χ0v) is 9.50. The highest BCUT2D eigenvalue weighted by atomic mass is 35.5. The maximum atomic E-state index is 11.7. The molecule has 0 bridgehead atoms. The van der Waals surface area contributed by atoms with Gasteiger partial charge in [-0.25, -0.2) is 0 Å². The Balaban J connectivity index is 2.50. The van der Waals surface area contributed by atoms with Gasteiger partial charge < -0.3 is 10.0 Å². The van der Waals surface area contributed by atoms with E-state index >= 15 is 0 Å². The number of carbonyl (C=O) groups excluding carboxylic acids is 1. The molecule has 1 rings (SSSR count). The summed E-state index contributed by atoms with van der Waals surface area (Å²) in [5.74, 6) is 0.168. The Morgan fingerprint density at radius 2 is 2.36 bits per heavy atom. The third-order valence-electron chi connectivity index (χ3n) is 2.80. The maximum absolute atomic E-state index is 11.7. The van der Waals surface area contributed by atoms with Gasteiger partial charge in [-0.1, -0.05) is 13.8 Å². The molecule has 1 amide bonds. The lowest BCUT2D eigenvalue weighted by Crippen LogP contribution is -2.47.